The molecule has 1 aliphatic heterocycles. The third kappa shape index (κ3) is 2.82. The number of hydrogen-bond acceptors (Lipinski definition) is 3. The number of hydrogen-bond donors (Lipinski definition) is 0. The molecule has 0 N–H and O–H groups in total. The molecular weight excluding hydrogens is 289 g/mol. The SMILES string of the molecule is CCOCc1cc(B2OC(C)(C)C(C)(C)O2)c2ccn(C)c2c1. The van der Waals surface area contributed by atoms with Crippen molar-refractivity contribution in [2.45, 2.75) is 52.4 Å². The molecule has 1 aromatic heterocycles. The minimum absolute atomic E-state index is 0.339. The lowest BCUT2D eigenvalue weighted by Crippen LogP contribution is -2.41. The molecule has 1 fully saturated rings. The lowest BCUT2D eigenvalue weighted by molar-refractivity contribution is 0.00578. The fourth-order valence-electron chi connectivity index (χ4n) is 2.93. The first-order valence-corrected chi connectivity index (χ1v) is 8.26. The number of rotatable bonds is 4. The van der Waals surface area contributed by atoms with Gasteiger partial charge in [0.05, 0.1) is 17.8 Å². The van der Waals surface area contributed by atoms with Crippen LogP contribution in [0.2, 0.25) is 0 Å². The van der Waals surface area contributed by atoms with Crippen LogP contribution in [0.5, 0.6) is 0 Å². The number of aromatic nitrogens is 1. The molecule has 0 saturated carbocycles. The first-order chi connectivity index (χ1) is 10.7. The van der Waals surface area contributed by atoms with Gasteiger partial charge in [0.1, 0.15) is 0 Å². The van der Waals surface area contributed by atoms with Crippen LogP contribution in [0.25, 0.3) is 10.9 Å². The summed E-state index contributed by atoms with van der Waals surface area (Å²) < 4.78 is 20.2. The molecule has 0 bridgehead atoms. The summed E-state index contributed by atoms with van der Waals surface area (Å²) in [5, 5.41) is 1.17. The van der Waals surface area contributed by atoms with Crippen molar-refractivity contribution in [1.82, 2.24) is 4.57 Å². The van der Waals surface area contributed by atoms with Crippen molar-refractivity contribution in [1.29, 1.82) is 0 Å². The van der Waals surface area contributed by atoms with Gasteiger partial charge < -0.3 is 18.6 Å². The molecule has 0 atom stereocenters. The normalized spacial score (nSPS) is 19.7. The number of fused-ring (bicyclic) bond motifs is 1. The maximum absolute atomic E-state index is 6.25. The zero-order valence-electron chi connectivity index (χ0n) is 15.0. The fraction of sp³-hybridized carbons (Fsp3) is 0.556. The van der Waals surface area contributed by atoms with Crippen LogP contribution in [0.1, 0.15) is 40.2 Å². The molecule has 0 radical (unpaired) electrons. The van der Waals surface area contributed by atoms with Crippen LogP contribution < -0.4 is 5.46 Å². The van der Waals surface area contributed by atoms with Gasteiger partial charge in [-0.2, -0.15) is 0 Å². The van der Waals surface area contributed by atoms with Crippen molar-refractivity contribution in [3.63, 3.8) is 0 Å². The molecule has 124 valence electrons. The second-order valence-electron chi connectivity index (χ2n) is 7.27. The van der Waals surface area contributed by atoms with E-state index >= 15 is 0 Å². The van der Waals surface area contributed by atoms with Gasteiger partial charge >= 0.3 is 7.12 Å². The van der Waals surface area contributed by atoms with E-state index in [-0.39, 0.29) is 18.3 Å². The van der Waals surface area contributed by atoms with Crippen molar-refractivity contribution in [3.8, 4) is 0 Å². The summed E-state index contributed by atoms with van der Waals surface area (Å²) >= 11 is 0. The Morgan fingerprint density at radius 1 is 1.13 bits per heavy atom. The first-order valence-electron chi connectivity index (χ1n) is 8.26. The standard InChI is InChI=1S/C18H26BNO3/c1-7-21-12-13-10-15(14-8-9-20(6)16(14)11-13)19-22-17(2,3)18(4,5)23-19/h8-11H,7,12H2,1-6H3. The third-order valence-corrected chi connectivity index (χ3v) is 5.07. The summed E-state index contributed by atoms with van der Waals surface area (Å²) in [6.45, 7) is 11.6. The van der Waals surface area contributed by atoms with Gasteiger partial charge in [0.2, 0.25) is 0 Å². The average molecular weight is 315 g/mol. The second kappa shape index (κ2) is 5.65. The van der Waals surface area contributed by atoms with Crippen LogP contribution in [0.15, 0.2) is 24.4 Å². The number of nitrogens with zero attached hydrogens (tertiary/aromatic N) is 1. The largest absolute Gasteiger partial charge is 0.495 e. The van der Waals surface area contributed by atoms with Gasteiger partial charge in [0, 0.05) is 25.4 Å². The molecule has 2 heterocycles. The molecule has 1 saturated heterocycles. The molecule has 0 unspecified atom stereocenters. The van der Waals surface area contributed by atoms with Crippen molar-refractivity contribution in [3.05, 3.63) is 30.0 Å². The van der Waals surface area contributed by atoms with Crippen molar-refractivity contribution in [2.24, 2.45) is 7.05 Å². The molecule has 0 aliphatic carbocycles. The summed E-state index contributed by atoms with van der Waals surface area (Å²) in [6, 6.07) is 6.46. The molecule has 5 heteroatoms. The van der Waals surface area contributed by atoms with Crippen LogP contribution in [0.3, 0.4) is 0 Å². The van der Waals surface area contributed by atoms with E-state index in [0.717, 1.165) is 11.0 Å². The van der Waals surface area contributed by atoms with Crippen molar-refractivity contribution in [2.75, 3.05) is 6.61 Å². The summed E-state index contributed by atoms with van der Waals surface area (Å²) in [6.07, 6.45) is 2.07. The number of aryl methyl sites for hydroxylation is 1. The maximum Gasteiger partial charge on any atom is 0.495 e. The zero-order valence-corrected chi connectivity index (χ0v) is 15.0. The van der Waals surface area contributed by atoms with Crippen LogP contribution in [0, 0.1) is 0 Å². The van der Waals surface area contributed by atoms with E-state index in [1.54, 1.807) is 0 Å². The topological polar surface area (TPSA) is 32.6 Å². The predicted octanol–water partition coefficient (Wildman–Crippen LogP) is 3.01. The highest BCUT2D eigenvalue weighted by Gasteiger charge is 2.52. The zero-order chi connectivity index (χ0) is 16.8. The first kappa shape index (κ1) is 16.6. The Morgan fingerprint density at radius 3 is 2.39 bits per heavy atom. The van der Waals surface area contributed by atoms with Crippen LogP contribution in [-0.2, 0) is 27.7 Å². The molecule has 1 aromatic carbocycles. The smallest absolute Gasteiger partial charge is 0.399 e. The monoisotopic (exact) mass is 315 g/mol. The van der Waals surface area contributed by atoms with E-state index in [1.807, 2.05) is 6.92 Å². The van der Waals surface area contributed by atoms with Crippen LogP contribution in [-0.4, -0.2) is 29.5 Å². The van der Waals surface area contributed by atoms with Gasteiger partial charge in [-0.05, 0) is 63.2 Å². The van der Waals surface area contributed by atoms with Gasteiger partial charge in [0.25, 0.3) is 0 Å². The van der Waals surface area contributed by atoms with E-state index in [1.165, 1.54) is 10.9 Å². The number of ether oxygens (including phenoxy) is 1. The Labute approximate surface area is 138 Å². The molecular formula is C18H26BNO3. The molecule has 0 amide bonds. The van der Waals surface area contributed by atoms with Crippen molar-refractivity contribution >= 4 is 23.5 Å². The minimum Gasteiger partial charge on any atom is -0.399 e. The highest BCUT2D eigenvalue weighted by Crippen LogP contribution is 2.37. The van der Waals surface area contributed by atoms with E-state index in [9.17, 15) is 0 Å². The number of benzene rings is 1. The molecule has 1 aliphatic rings. The average Bonchev–Trinajstić information content (AvgIpc) is 2.94. The van der Waals surface area contributed by atoms with E-state index in [2.05, 4.69) is 63.7 Å². The quantitative estimate of drug-likeness (QED) is 0.813. The Hall–Kier alpha value is -1.30. The lowest BCUT2D eigenvalue weighted by atomic mass is 9.76. The van der Waals surface area contributed by atoms with Gasteiger partial charge in [-0.1, -0.05) is 6.07 Å². The van der Waals surface area contributed by atoms with Gasteiger partial charge in [-0.3, -0.25) is 0 Å². The second-order valence-corrected chi connectivity index (χ2v) is 7.27. The highest BCUT2D eigenvalue weighted by molar-refractivity contribution is 6.65. The highest BCUT2D eigenvalue weighted by atomic mass is 16.7. The van der Waals surface area contributed by atoms with Gasteiger partial charge in [-0.15, -0.1) is 0 Å². The van der Waals surface area contributed by atoms with E-state index in [4.69, 9.17) is 14.0 Å². The Bertz CT molecular complexity index is 704. The summed E-state index contributed by atoms with van der Waals surface area (Å²) in [7, 11) is 1.70. The maximum atomic E-state index is 6.25. The Kier molecular flexibility index (Phi) is 4.07. The van der Waals surface area contributed by atoms with Crippen LogP contribution >= 0.6 is 0 Å². The molecule has 0 spiro atoms. The Balaban J connectivity index is 2.06. The van der Waals surface area contributed by atoms with E-state index < -0.39 is 0 Å². The summed E-state index contributed by atoms with van der Waals surface area (Å²) in [5.41, 5.74) is 2.72. The van der Waals surface area contributed by atoms with E-state index in [0.29, 0.717) is 13.2 Å². The molecule has 2 aromatic rings. The van der Waals surface area contributed by atoms with Gasteiger partial charge in [-0.25, -0.2) is 0 Å². The summed E-state index contributed by atoms with van der Waals surface area (Å²) in [5.74, 6) is 0. The van der Waals surface area contributed by atoms with Crippen LogP contribution in [0.4, 0.5) is 0 Å². The Morgan fingerprint density at radius 2 is 1.78 bits per heavy atom. The lowest BCUT2D eigenvalue weighted by Gasteiger charge is -2.32. The fourth-order valence-corrected chi connectivity index (χ4v) is 2.93. The van der Waals surface area contributed by atoms with Gasteiger partial charge in [0.15, 0.2) is 0 Å². The summed E-state index contributed by atoms with van der Waals surface area (Å²) in [4.78, 5) is 0. The molecule has 23 heavy (non-hydrogen) atoms. The third-order valence-electron chi connectivity index (χ3n) is 5.07. The minimum atomic E-state index is -0.355. The molecule has 4 nitrogen and oxygen atoms in total. The predicted molar refractivity (Wildman–Crippen MR) is 94.0 cm³/mol. The molecule has 3 rings (SSSR count). The van der Waals surface area contributed by atoms with Crippen molar-refractivity contribution < 1.29 is 14.0 Å².